The van der Waals surface area contributed by atoms with Gasteiger partial charge in [-0.2, -0.15) is 0 Å². The Labute approximate surface area is 324 Å². The number of hydrogen-bond donors (Lipinski definition) is 0. The third-order valence-corrected chi connectivity index (χ3v) is 11.1. The summed E-state index contributed by atoms with van der Waals surface area (Å²) >= 11 is 0. The van der Waals surface area contributed by atoms with Gasteiger partial charge in [-0.3, -0.25) is 4.98 Å². The molecule has 0 radical (unpaired) electrons. The number of aromatic nitrogens is 2. The van der Waals surface area contributed by atoms with Crippen LogP contribution >= 0.6 is 0 Å². The molecule has 3 nitrogen and oxygen atoms in total. The van der Waals surface area contributed by atoms with Crippen molar-refractivity contribution in [3.05, 3.63) is 207 Å². The van der Waals surface area contributed by atoms with Crippen molar-refractivity contribution in [2.45, 2.75) is 0 Å². The summed E-state index contributed by atoms with van der Waals surface area (Å²) in [5.74, 6) is 0. The molecule has 262 valence electrons. The Morgan fingerprint density at radius 2 is 0.786 bits per heavy atom. The van der Waals surface area contributed by atoms with Crippen molar-refractivity contribution in [3.8, 4) is 61.3 Å². The molecule has 0 N–H and O–H groups in total. The summed E-state index contributed by atoms with van der Waals surface area (Å²) in [6, 6.07) is 70.0. The molecular weight excluding hydrogens is 681 g/mol. The average Bonchev–Trinajstić information content (AvgIpc) is 3.82. The van der Waals surface area contributed by atoms with Gasteiger partial charge in [0.15, 0.2) is 0 Å². The van der Waals surface area contributed by atoms with Crippen LogP contribution in [0.1, 0.15) is 0 Å². The van der Waals surface area contributed by atoms with Gasteiger partial charge in [-0.15, -0.1) is 0 Å². The molecule has 0 amide bonds. The lowest BCUT2D eigenvalue weighted by atomic mass is 9.93. The van der Waals surface area contributed by atoms with E-state index in [-0.39, 0.29) is 0 Å². The van der Waals surface area contributed by atoms with Crippen molar-refractivity contribution >= 4 is 43.7 Å². The van der Waals surface area contributed by atoms with E-state index in [1.807, 2.05) is 12.3 Å². The van der Waals surface area contributed by atoms with Crippen LogP contribution in [0.2, 0.25) is 0 Å². The Balaban J connectivity index is 0.914. The van der Waals surface area contributed by atoms with Crippen LogP contribution in [0.5, 0.6) is 0 Å². The lowest BCUT2D eigenvalue weighted by Gasteiger charge is -2.11. The third-order valence-electron chi connectivity index (χ3n) is 11.1. The molecular formula is C53H34N2O. The first kappa shape index (κ1) is 32.0. The van der Waals surface area contributed by atoms with Crippen molar-refractivity contribution in [1.82, 2.24) is 9.55 Å². The molecule has 3 aromatic heterocycles. The van der Waals surface area contributed by atoms with E-state index >= 15 is 0 Å². The minimum atomic E-state index is 0.857. The van der Waals surface area contributed by atoms with Crippen molar-refractivity contribution in [2.75, 3.05) is 0 Å². The van der Waals surface area contributed by atoms with Gasteiger partial charge in [-0.05, 0) is 128 Å². The van der Waals surface area contributed by atoms with Gasteiger partial charge < -0.3 is 8.98 Å². The van der Waals surface area contributed by atoms with Gasteiger partial charge >= 0.3 is 0 Å². The first-order valence-electron chi connectivity index (χ1n) is 19.0. The number of rotatable bonds is 6. The first-order valence-corrected chi connectivity index (χ1v) is 19.0. The van der Waals surface area contributed by atoms with Crippen LogP contribution in [0.25, 0.3) is 105 Å². The largest absolute Gasteiger partial charge is 0.456 e. The molecule has 0 aliphatic heterocycles. The zero-order chi connectivity index (χ0) is 37.0. The van der Waals surface area contributed by atoms with Gasteiger partial charge in [0.25, 0.3) is 0 Å². The molecule has 11 rings (SSSR count). The number of nitrogens with zero attached hydrogens (tertiary/aromatic N) is 2. The van der Waals surface area contributed by atoms with Crippen LogP contribution in [0, 0.1) is 0 Å². The van der Waals surface area contributed by atoms with Crippen molar-refractivity contribution in [3.63, 3.8) is 0 Å². The lowest BCUT2D eigenvalue weighted by Crippen LogP contribution is -1.92. The van der Waals surface area contributed by atoms with E-state index in [1.165, 1.54) is 72.0 Å². The molecule has 0 spiro atoms. The second-order valence-electron chi connectivity index (χ2n) is 14.4. The lowest BCUT2D eigenvalue weighted by molar-refractivity contribution is 0.668. The van der Waals surface area contributed by atoms with E-state index in [0.717, 1.165) is 33.1 Å². The molecule has 8 aromatic carbocycles. The highest BCUT2D eigenvalue weighted by molar-refractivity contribution is 6.10. The molecule has 0 saturated carbocycles. The maximum atomic E-state index is 6.05. The fourth-order valence-corrected chi connectivity index (χ4v) is 8.32. The van der Waals surface area contributed by atoms with Gasteiger partial charge in [0.1, 0.15) is 11.2 Å². The predicted molar refractivity (Wildman–Crippen MR) is 233 cm³/mol. The smallest absolute Gasteiger partial charge is 0.138 e. The normalized spacial score (nSPS) is 11.6. The van der Waals surface area contributed by atoms with Gasteiger partial charge in [-0.1, -0.05) is 121 Å². The predicted octanol–water partition coefficient (Wildman–Crippen LogP) is 14.4. The van der Waals surface area contributed by atoms with E-state index < -0.39 is 0 Å². The Bertz CT molecular complexity index is 3260. The summed E-state index contributed by atoms with van der Waals surface area (Å²) in [4.78, 5) is 4.33. The SMILES string of the molecule is c1ccc(-n2c3ccccc3c3cc(-c4cccc(-c5cccc(-c6cccc(-c7cccc(-c8ccc9oc%10ccncc%10c9c8)c7)c6)c5)c4)ccc32)cc1. The highest BCUT2D eigenvalue weighted by Crippen LogP contribution is 2.38. The summed E-state index contributed by atoms with van der Waals surface area (Å²) in [7, 11) is 0. The molecule has 56 heavy (non-hydrogen) atoms. The Hall–Kier alpha value is -7.49. The van der Waals surface area contributed by atoms with Crippen LogP contribution in [0.4, 0.5) is 0 Å². The van der Waals surface area contributed by atoms with E-state index in [0.29, 0.717) is 0 Å². The summed E-state index contributed by atoms with van der Waals surface area (Å²) in [6.45, 7) is 0. The van der Waals surface area contributed by atoms with E-state index in [9.17, 15) is 0 Å². The van der Waals surface area contributed by atoms with Crippen LogP contribution in [-0.4, -0.2) is 9.55 Å². The number of benzene rings is 8. The molecule has 3 heteroatoms. The van der Waals surface area contributed by atoms with Gasteiger partial charge in [0, 0.05) is 39.6 Å². The van der Waals surface area contributed by atoms with Gasteiger partial charge in [0.05, 0.1) is 11.0 Å². The number of hydrogen-bond acceptors (Lipinski definition) is 2. The summed E-state index contributed by atoms with van der Waals surface area (Å²) in [5, 5.41) is 4.63. The Morgan fingerprint density at radius 3 is 1.38 bits per heavy atom. The molecule has 0 unspecified atom stereocenters. The van der Waals surface area contributed by atoms with E-state index in [1.54, 1.807) is 6.20 Å². The summed E-state index contributed by atoms with van der Waals surface area (Å²) in [5.41, 5.74) is 17.2. The summed E-state index contributed by atoms with van der Waals surface area (Å²) in [6.07, 6.45) is 3.65. The first-order chi connectivity index (χ1) is 27.7. The molecule has 0 fully saturated rings. The number of furan rings is 1. The highest BCUT2D eigenvalue weighted by atomic mass is 16.3. The van der Waals surface area contributed by atoms with Crippen molar-refractivity contribution in [1.29, 1.82) is 0 Å². The minimum absolute atomic E-state index is 0.857. The van der Waals surface area contributed by atoms with Crippen LogP contribution < -0.4 is 0 Å². The van der Waals surface area contributed by atoms with E-state index in [2.05, 4.69) is 198 Å². The van der Waals surface area contributed by atoms with Crippen LogP contribution in [0.15, 0.2) is 211 Å². The minimum Gasteiger partial charge on any atom is -0.456 e. The molecule has 0 aliphatic carbocycles. The second kappa shape index (κ2) is 13.1. The molecule has 3 heterocycles. The topological polar surface area (TPSA) is 31.0 Å². The third kappa shape index (κ3) is 5.49. The van der Waals surface area contributed by atoms with Crippen molar-refractivity contribution < 1.29 is 4.42 Å². The molecule has 0 aliphatic rings. The zero-order valence-electron chi connectivity index (χ0n) is 30.4. The highest BCUT2D eigenvalue weighted by Gasteiger charge is 2.14. The fourth-order valence-electron chi connectivity index (χ4n) is 8.32. The average molecular weight is 715 g/mol. The monoisotopic (exact) mass is 714 g/mol. The fraction of sp³-hybridized carbons (Fsp3) is 0. The maximum Gasteiger partial charge on any atom is 0.138 e. The number of para-hydroxylation sites is 2. The quantitative estimate of drug-likeness (QED) is 0.172. The molecule has 0 saturated heterocycles. The Morgan fingerprint density at radius 1 is 0.321 bits per heavy atom. The Kier molecular flexibility index (Phi) is 7.49. The standard InChI is InChI=1S/C53H34N2O/c1-2-18-45(19-3-1)55-50-21-5-4-20-46(50)47-32-43(22-24-51(47)55)41-16-8-14-39(30-41)37-12-6-10-35(28-37)36-11-7-13-38(29-36)40-15-9-17-42(31-40)44-23-25-52-48(33-44)49-34-54-27-26-53(49)56-52/h1-34H. The number of pyridine rings is 1. The van der Waals surface area contributed by atoms with E-state index in [4.69, 9.17) is 4.42 Å². The second-order valence-corrected chi connectivity index (χ2v) is 14.4. The van der Waals surface area contributed by atoms with Crippen LogP contribution in [-0.2, 0) is 0 Å². The molecule has 0 atom stereocenters. The van der Waals surface area contributed by atoms with Gasteiger partial charge in [-0.25, -0.2) is 0 Å². The molecule has 11 aromatic rings. The van der Waals surface area contributed by atoms with Crippen LogP contribution in [0.3, 0.4) is 0 Å². The van der Waals surface area contributed by atoms with Gasteiger partial charge in [0.2, 0.25) is 0 Å². The maximum absolute atomic E-state index is 6.05. The molecule has 0 bridgehead atoms. The number of fused-ring (bicyclic) bond motifs is 6. The zero-order valence-corrected chi connectivity index (χ0v) is 30.4. The van der Waals surface area contributed by atoms with Crippen molar-refractivity contribution in [2.24, 2.45) is 0 Å². The summed E-state index contributed by atoms with van der Waals surface area (Å²) < 4.78 is 8.42.